The largest absolute Gasteiger partial charge is 0.347 e. The predicted molar refractivity (Wildman–Crippen MR) is 114 cm³/mol. The summed E-state index contributed by atoms with van der Waals surface area (Å²) in [6.07, 6.45) is 3.55. The summed E-state index contributed by atoms with van der Waals surface area (Å²) in [7, 11) is 0. The van der Waals surface area contributed by atoms with Gasteiger partial charge < -0.3 is 15.5 Å². The van der Waals surface area contributed by atoms with Gasteiger partial charge in [0.25, 0.3) is 0 Å². The van der Waals surface area contributed by atoms with Crippen LogP contribution in [0, 0.1) is 5.82 Å². The SMILES string of the molecule is CCN1CCC(n2nccc2NC(=O)C(=O)NCC(C)(C)c2ccc(F)cc2)CC1. The number of carbonyl (C=O) groups is 2. The molecule has 1 aromatic heterocycles. The highest BCUT2D eigenvalue weighted by Gasteiger charge is 2.26. The lowest BCUT2D eigenvalue weighted by molar-refractivity contribution is -0.136. The first-order chi connectivity index (χ1) is 14.3. The Balaban J connectivity index is 1.56. The normalized spacial score (nSPS) is 15.7. The molecule has 2 aromatic rings. The first-order valence-corrected chi connectivity index (χ1v) is 10.4. The van der Waals surface area contributed by atoms with Gasteiger partial charge in [-0.2, -0.15) is 5.10 Å². The highest BCUT2D eigenvalue weighted by molar-refractivity contribution is 6.39. The van der Waals surface area contributed by atoms with Crippen molar-refractivity contribution in [3.63, 3.8) is 0 Å². The molecule has 162 valence electrons. The summed E-state index contributed by atoms with van der Waals surface area (Å²) in [6.45, 7) is 9.27. The van der Waals surface area contributed by atoms with Crippen LogP contribution in [-0.2, 0) is 15.0 Å². The second kappa shape index (κ2) is 9.38. The Labute approximate surface area is 176 Å². The highest BCUT2D eigenvalue weighted by Crippen LogP contribution is 2.25. The number of rotatable bonds is 6. The molecule has 0 bridgehead atoms. The van der Waals surface area contributed by atoms with E-state index in [2.05, 4.69) is 27.6 Å². The molecule has 0 spiro atoms. The molecule has 1 saturated heterocycles. The van der Waals surface area contributed by atoms with Gasteiger partial charge in [0.2, 0.25) is 0 Å². The fraction of sp³-hybridized carbons (Fsp3) is 0.500. The summed E-state index contributed by atoms with van der Waals surface area (Å²) in [5.41, 5.74) is 0.430. The van der Waals surface area contributed by atoms with E-state index in [1.54, 1.807) is 29.1 Å². The Morgan fingerprint density at radius 1 is 1.13 bits per heavy atom. The summed E-state index contributed by atoms with van der Waals surface area (Å²) in [4.78, 5) is 27.2. The molecule has 1 aliphatic heterocycles. The lowest BCUT2D eigenvalue weighted by Crippen LogP contribution is -2.42. The number of nitrogens with zero attached hydrogens (tertiary/aromatic N) is 3. The van der Waals surface area contributed by atoms with E-state index in [4.69, 9.17) is 0 Å². The van der Waals surface area contributed by atoms with E-state index in [-0.39, 0.29) is 18.4 Å². The number of anilines is 1. The molecule has 0 saturated carbocycles. The van der Waals surface area contributed by atoms with Crippen molar-refractivity contribution in [3.05, 3.63) is 47.9 Å². The minimum absolute atomic E-state index is 0.207. The van der Waals surface area contributed by atoms with Crippen molar-refractivity contribution >= 4 is 17.6 Å². The van der Waals surface area contributed by atoms with Crippen LogP contribution >= 0.6 is 0 Å². The van der Waals surface area contributed by atoms with Crippen molar-refractivity contribution in [3.8, 4) is 0 Å². The van der Waals surface area contributed by atoms with Gasteiger partial charge in [0, 0.05) is 31.1 Å². The third-order valence-electron chi connectivity index (χ3n) is 5.78. The quantitative estimate of drug-likeness (QED) is 0.711. The molecule has 2 heterocycles. The smallest absolute Gasteiger partial charge is 0.314 e. The van der Waals surface area contributed by atoms with Gasteiger partial charge in [0.1, 0.15) is 11.6 Å². The molecule has 0 radical (unpaired) electrons. The average Bonchev–Trinajstić information content (AvgIpc) is 3.20. The molecule has 7 nitrogen and oxygen atoms in total. The van der Waals surface area contributed by atoms with Crippen LogP contribution in [-0.4, -0.2) is 52.7 Å². The van der Waals surface area contributed by atoms with Gasteiger partial charge in [-0.15, -0.1) is 0 Å². The topological polar surface area (TPSA) is 79.3 Å². The zero-order valence-electron chi connectivity index (χ0n) is 17.8. The van der Waals surface area contributed by atoms with Gasteiger partial charge >= 0.3 is 11.8 Å². The number of likely N-dealkylation sites (tertiary alicyclic amines) is 1. The molecule has 0 atom stereocenters. The van der Waals surface area contributed by atoms with Crippen molar-refractivity contribution in [2.24, 2.45) is 0 Å². The average molecular weight is 416 g/mol. The van der Waals surface area contributed by atoms with Crippen molar-refractivity contribution in [1.82, 2.24) is 20.0 Å². The van der Waals surface area contributed by atoms with Crippen molar-refractivity contribution in [2.75, 3.05) is 31.5 Å². The number of piperidine rings is 1. The standard InChI is InChI=1S/C22H30FN5O2/c1-4-27-13-10-18(11-14-27)28-19(9-12-25-28)26-21(30)20(29)24-15-22(2,3)16-5-7-17(23)8-6-16/h5-9,12,18H,4,10-11,13-15H2,1-3H3,(H,24,29)(H,26,30). The number of amides is 2. The summed E-state index contributed by atoms with van der Waals surface area (Å²) in [6, 6.07) is 8.06. The molecular weight excluding hydrogens is 385 g/mol. The van der Waals surface area contributed by atoms with E-state index in [0.29, 0.717) is 5.82 Å². The first kappa shape index (κ1) is 22.0. The van der Waals surface area contributed by atoms with Crippen molar-refractivity contribution in [1.29, 1.82) is 0 Å². The van der Waals surface area contributed by atoms with Crippen LogP contribution in [0.25, 0.3) is 0 Å². The molecule has 2 N–H and O–H groups in total. The maximum Gasteiger partial charge on any atom is 0.314 e. The monoisotopic (exact) mass is 415 g/mol. The second-order valence-electron chi connectivity index (χ2n) is 8.35. The van der Waals surface area contributed by atoms with E-state index in [0.717, 1.165) is 38.0 Å². The van der Waals surface area contributed by atoms with Crippen LogP contribution in [0.3, 0.4) is 0 Å². The van der Waals surface area contributed by atoms with Crippen molar-refractivity contribution < 1.29 is 14.0 Å². The van der Waals surface area contributed by atoms with Gasteiger partial charge in [-0.25, -0.2) is 9.07 Å². The molecule has 30 heavy (non-hydrogen) atoms. The van der Waals surface area contributed by atoms with Crippen LogP contribution in [0.1, 0.15) is 45.2 Å². The predicted octanol–water partition coefficient (Wildman–Crippen LogP) is 2.71. The fourth-order valence-electron chi connectivity index (χ4n) is 3.74. The van der Waals surface area contributed by atoms with Crippen LogP contribution in [0.4, 0.5) is 10.2 Å². The minimum Gasteiger partial charge on any atom is -0.347 e. The number of hydrogen-bond donors (Lipinski definition) is 2. The maximum absolute atomic E-state index is 13.1. The molecule has 0 aliphatic carbocycles. The number of benzene rings is 1. The number of halogens is 1. The van der Waals surface area contributed by atoms with Gasteiger partial charge in [-0.05, 0) is 37.1 Å². The number of aromatic nitrogens is 2. The van der Waals surface area contributed by atoms with Crippen LogP contribution in [0.5, 0.6) is 0 Å². The lowest BCUT2D eigenvalue weighted by Gasteiger charge is -2.31. The molecule has 0 unspecified atom stereocenters. The summed E-state index contributed by atoms with van der Waals surface area (Å²) < 4.78 is 15.0. The van der Waals surface area contributed by atoms with Crippen molar-refractivity contribution in [2.45, 2.75) is 45.1 Å². The summed E-state index contributed by atoms with van der Waals surface area (Å²) in [5.74, 6) is -1.21. The minimum atomic E-state index is -0.724. The number of carbonyl (C=O) groups excluding carboxylic acids is 2. The zero-order chi connectivity index (χ0) is 21.7. The van der Waals surface area contributed by atoms with E-state index >= 15 is 0 Å². The highest BCUT2D eigenvalue weighted by atomic mass is 19.1. The Kier molecular flexibility index (Phi) is 6.87. The fourth-order valence-corrected chi connectivity index (χ4v) is 3.74. The van der Waals surface area contributed by atoms with Gasteiger partial charge in [-0.3, -0.25) is 9.59 Å². The van der Waals surface area contributed by atoms with Gasteiger partial charge in [-0.1, -0.05) is 32.9 Å². The van der Waals surface area contributed by atoms with Crippen LogP contribution in [0.2, 0.25) is 0 Å². The summed E-state index contributed by atoms with van der Waals surface area (Å²) in [5, 5.41) is 9.72. The number of hydrogen-bond acceptors (Lipinski definition) is 4. The summed E-state index contributed by atoms with van der Waals surface area (Å²) >= 11 is 0. The third-order valence-corrected chi connectivity index (χ3v) is 5.78. The Morgan fingerprint density at radius 3 is 2.43 bits per heavy atom. The van der Waals surface area contributed by atoms with E-state index in [1.165, 1.54) is 12.1 Å². The molecule has 2 amide bonds. The van der Waals surface area contributed by atoms with E-state index < -0.39 is 17.2 Å². The number of nitrogens with one attached hydrogen (secondary N) is 2. The van der Waals surface area contributed by atoms with Gasteiger partial charge in [0.05, 0.1) is 12.2 Å². The first-order valence-electron chi connectivity index (χ1n) is 10.4. The lowest BCUT2D eigenvalue weighted by atomic mass is 9.84. The molecule has 1 aromatic carbocycles. The molecular formula is C22H30FN5O2. The van der Waals surface area contributed by atoms with Crippen LogP contribution < -0.4 is 10.6 Å². The molecule has 1 aliphatic rings. The Bertz CT molecular complexity index is 870. The maximum atomic E-state index is 13.1. The molecule has 8 heteroatoms. The Hall–Kier alpha value is -2.74. The Morgan fingerprint density at radius 2 is 1.80 bits per heavy atom. The zero-order valence-corrected chi connectivity index (χ0v) is 17.8. The van der Waals surface area contributed by atoms with Crippen LogP contribution in [0.15, 0.2) is 36.5 Å². The second-order valence-corrected chi connectivity index (χ2v) is 8.35. The van der Waals surface area contributed by atoms with E-state index in [9.17, 15) is 14.0 Å². The molecule has 1 fully saturated rings. The molecule has 3 rings (SSSR count). The third kappa shape index (κ3) is 5.24. The van der Waals surface area contributed by atoms with Gasteiger partial charge in [0.15, 0.2) is 0 Å². The van der Waals surface area contributed by atoms with E-state index in [1.807, 2.05) is 13.8 Å².